The Labute approximate surface area is 167 Å². The van der Waals surface area contributed by atoms with Crippen LogP contribution in [0.5, 0.6) is 0 Å². The summed E-state index contributed by atoms with van der Waals surface area (Å²) in [6.07, 6.45) is 5.00. The summed E-state index contributed by atoms with van der Waals surface area (Å²) in [7, 11) is 0. The van der Waals surface area contributed by atoms with E-state index >= 15 is 0 Å². The van der Waals surface area contributed by atoms with Gasteiger partial charge in [-0.25, -0.2) is 0 Å². The molecular weight excluding hydrogens is 354 g/mol. The quantitative estimate of drug-likeness (QED) is 0.805. The van der Waals surface area contributed by atoms with Gasteiger partial charge in [-0.2, -0.15) is 0 Å². The van der Waals surface area contributed by atoms with Crippen molar-refractivity contribution in [2.45, 2.75) is 56.7 Å². The lowest BCUT2D eigenvalue weighted by molar-refractivity contribution is -0.200. The molecule has 0 radical (unpaired) electrons. The maximum atomic E-state index is 12.5. The van der Waals surface area contributed by atoms with Crippen LogP contribution in [0.1, 0.15) is 43.7 Å². The number of rotatable bonds is 6. The molecule has 1 aliphatic carbocycles. The number of likely N-dealkylation sites (N-methyl/N-ethyl adjacent to an activating group) is 1. The van der Waals surface area contributed by atoms with Crippen molar-refractivity contribution in [3.05, 3.63) is 35.4 Å². The van der Waals surface area contributed by atoms with Crippen molar-refractivity contribution < 1.29 is 14.3 Å². The van der Waals surface area contributed by atoms with Crippen molar-refractivity contribution in [2.24, 2.45) is 5.73 Å². The first-order valence-corrected chi connectivity index (χ1v) is 10.5. The first-order chi connectivity index (χ1) is 13.4. The third kappa shape index (κ3) is 3.94. The van der Waals surface area contributed by atoms with Gasteiger partial charge in [-0.05, 0) is 50.2 Å². The molecule has 4 rings (SSSR count). The number of hydrogen-bond donors (Lipinski definition) is 1. The van der Waals surface area contributed by atoms with E-state index < -0.39 is 5.60 Å². The predicted molar refractivity (Wildman–Crippen MR) is 107 cm³/mol. The van der Waals surface area contributed by atoms with Gasteiger partial charge >= 0.3 is 0 Å². The third-order valence-electron chi connectivity index (χ3n) is 6.51. The zero-order valence-corrected chi connectivity index (χ0v) is 16.8. The van der Waals surface area contributed by atoms with E-state index in [9.17, 15) is 9.59 Å². The molecule has 3 aliphatic rings. The van der Waals surface area contributed by atoms with E-state index in [1.807, 2.05) is 17.0 Å². The molecule has 2 N–H and O–H groups in total. The number of benzene rings is 1. The number of carbonyl (C=O) groups is 2. The summed E-state index contributed by atoms with van der Waals surface area (Å²) in [5.74, 6) is -0.0853. The second-order valence-electron chi connectivity index (χ2n) is 8.65. The fraction of sp³-hybridized carbons (Fsp3) is 0.636. The fourth-order valence-electron chi connectivity index (χ4n) is 4.71. The number of ether oxygens (including phenoxy) is 1. The molecule has 2 saturated heterocycles. The highest BCUT2D eigenvalue weighted by molar-refractivity contribution is 5.89. The summed E-state index contributed by atoms with van der Waals surface area (Å²) in [5, 5.41) is 0. The summed E-state index contributed by atoms with van der Waals surface area (Å²) in [5.41, 5.74) is 6.89. The van der Waals surface area contributed by atoms with Crippen molar-refractivity contribution >= 4 is 11.8 Å². The standard InChI is InChI=1S/C22H31N3O3/c1-2-25-16-21(28-22(7-8-22)20(25)27)9-12-24(13-10-21)11-6-17-4-3-5-18(14-17)15-19(23)26/h3-5,14H,2,6-13,15-16H2,1H3,(H2,23,26). The molecule has 0 bridgehead atoms. The summed E-state index contributed by atoms with van der Waals surface area (Å²) in [6, 6.07) is 8.15. The third-order valence-corrected chi connectivity index (χ3v) is 6.51. The summed E-state index contributed by atoms with van der Waals surface area (Å²) < 4.78 is 6.46. The van der Waals surface area contributed by atoms with Crippen molar-refractivity contribution in [3.8, 4) is 0 Å². The zero-order chi connectivity index (χ0) is 19.8. The maximum Gasteiger partial charge on any atom is 0.254 e. The maximum absolute atomic E-state index is 12.5. The van der Waals surface area contributed by atoms with Crippen molar-refractivity contribution in [1.29, 1.82) is 0 Å². The number of hydrogen-bond acceptors (Lipinski definition) is 4. The van der Waals surface area contributed by atoms with Gasteiger partial charge in [0.1, 0.15) is 5.60 Å². The van der Waals surface area contributed by atoms with Crippen LogP contribution in [0.3, 0.4) is 0 Å². The van der Waals surface area contributed by atoms with Crippen molar-refractivity contribution in [3.63, 3.8) is 0 Å². The molecule has 0 atom stereocenters. The van der Waals surface area contributed by atoms with Crippen LogP contribution in [0.25, 0.3) is 0 Å². The average Bonchev–Trinajstić information content (AvgIpc) is 3.44. The molecular formula is C22H31N3O3. The summed E-state index contributed by atoms with van der Waals surface area (Å²) >= 11 is 0. The van der Waals surface area contributed by atoms with E-state index in [0.29, 0.717) is 6.42 Å². The fourth-order valence-corrected chi connectivity index (χ4v) is 4.71. The zero-order valence-electron chi connectivity index (χ0n) is 16.8. The molecule has 1 saturated carbocycles. The molecule has 6 heteroatoms. The number of carbonyl (C=O) groups excluding carboxylic acids is 2. The second kappa shape index (κ2) is 7.48. The van der Waals surface area contributed by atoms with E-state index in [-0.39, 0.29) is 17.4 Å². The Kier molecular flexibility index (Phi) is 5.19. The van der Waals surface area contributed by atoms with Crippen LogP contribution in [-0.2, 0) is 27.2 Å². The van der Waals surface area contributed by atoms with Gasteiger partial charge in [-0.1, -0.05) is 24.3 Å². The second-order valence-corrected chi connectivity index (χ2v) is 8.65. The van der Waals surface area contributed by atoms with Gasteiger partial charge in [0, 0.05) is 32.7 Å². The lowest BCUT2D eigenvalue weighted by Crippen LogP contribution is -2.62. The number of nitrogens with zero attached hydrogens (tertiary/aromatic N) is 2. The Hall–Kier alpha value is -1.92. The van der Waals surface area contributed by atoms with Crippen LogP contribution in [0.4, 0.5) is 0 Å². The van der Waals surface area contributed by atoms with Crippen molar-refractivity contribution in [2.75, 3.05) is 32.7 Å². The van der Waals surface area contributed by atoms with Crippen molar-refractivity contribution in [1.82, 2.24) is 9.80 Å². The van der Waals surface area contributed by atoms with Gasteiger partial charge in [-0.15, -0.1) is 0 Å². The van der Waals surface area contributed by atoms with E-state index in [1.54, 1.807) is 0 Å². The SMILES string of the molecule is CCN1CC2(CCN(CCc3cccc(CC(N)=O)c3)CC2)OC2(CC2)C1=O. The number of amides is 2. The Morgan fingerprint density at radius 2 is 1.89 bits per heavy atom. The Morgan fingerprint density at radius 1 is 1.18 bits per heavy atom. The van der Waals surface area contributed by atoms with Gasteiger partial charge in [0.2, 0.25) is 5.91 Å². The number of likely N-dealkylation sites (tertiary alicyclic amines) is 1. The van der Waals surface area contributed by atoms with Crippen LogP contribution >= 0.6 is 0 Å². The lowest BCUT2D eigenvalue weighted by atomic mass is 9.87. The van der Waals surface area contributed by atoms with Gasteiger partial charge in [0.25, 0.3) is 5.91 Å². The number of nitrogens with two attached hydrogens (primary N) is 1. The Morgan fingerprint density at radius 3 is 2.54 bits per heavy atom. The predicted octanol–water partition coefficient (Wildman–Crippen LogP) is 1.50. The number of primary amides is 1. The monoisotopic (exact) mass is 385 g/mol. The molecule has 1 aromatic rings. The van der Waals surface area contributed by atoms with Gasteiger partial charge in [0.05, 0.1) is 12.0 Å². The topological polar surface area (TPSA) is 75.9 Å². The van der Waals surface area contributed by atoms with E-state index in [4.69, 9.17) is 10.5 Å². The lowest BCUT2D eigenvalue weighted by Gasteiger charge is -2.50. The van der Waals surface area contributed by atoms with Crippen LogP contribution in [0.2, 0.25) is 0 Å². The highest BCUT2D eigenvalue weighted by Gasteiger charge is 2.61. The molecule has 2 spiro atoms. The largest absolute Gasteiger partial charge is 0.369 e. The summed E-state index contributed by atoms with van der Waals surface area (Å²) in [6.45, 7) is 6.59. The smallest absolute Gasteiger partial charge is 0.254 e. The molecule has 2 aliphatic heterocycles. The van der Waals surface area contributed by atoms with Crippen LogP contribution in [0.15, 0.2) is 24.3 Å². The average molecular weight is 386 g/mol. The molecule has 152 valence electrons. The number of morpholine rings is 1. The molecule has 1 aromatic carbocycles. The van der Waals surface area contributed by atoms with E-state index in [2.05, 4.69) is 24.0 Å². The van der Waals surface area contributed by atoms with E-state index in [1.165, 1.54) is 5.56 Å². The minimum Gasteiger partial charge on any atom is -0.369 e. The van der Waals surface area contributed by atoms with Crippen LogP contribution < -0.4 is 5.73 Å². The van der Waals surface area contributed by atoms with Crippen LogP contribution in [0, 0.1) is 0 Å². The molecule has 6 nitrogen and oxygen atoms in total. The van der Waals surface area contributed by atoms with E-state index in [0.717, 1.165) is 70.4 Å². The highest BCUT2D eigenvalue weighted by Crippen LogP contribution is 2.49. The molecule has 0 unspecified atom stereocenters. The molecule has 3 fully saturated rings. The minimum absolute atomic E-state index is 0.154. The first-order valence-electron chi connectivity index (χ1n) is 10.5. The van der Waals surface area contributed by atoms with Gasteiger partial charge < -0.3 is 20.3 Å². The van der Waals surface area contributed by atoms with Gasteiger partial charge in [-0.3, -0.25) is 9.59 Å². The Balaban J connectivity index is 1.31. The normalized spacial score (nSPS) is 23.3. The Bertz CT molecular complexity index is 751. The summed E-state index contributed by atoms with van der Waals surface area (Å²) in [4.78, 5) is 28.2. The molecule has 0 aromatic heterocycles. The first kappa shape index (κ1) is 19.4. The number of piperidine rings is 1. The molecule has 28 heavy (non-hydrogen) atoms. The molecule has 2 amide bonds. The highest BCUT2D eigenvalue weighted by atomic mass is 16.5. The minimum atomic E-state index is -0.489. The van der Waals surface area contributed by atoms with Crippen LogP contribution in [-0.4, -0.2) is 65.5 Å². The van der Waals surface area contributed by atoms with Gasteiger partial charge in [0.15, 0.2) is 0 Å². The molecule has 2 heterocycles.